The number of benzene rings is 2. The summed E-state index contributed by atoms with van der Waals surface area (Å²) in [5, 5.41) is 2.08. The van der Waals surface area contributed by atoms with Gasteiger partial charge in [0, 0.05) is 43.6 Å². The molecule has 0 aliphatic rings. The Kier molecular flexibility index (Phi) is 8.74. The largest absolute Gasteiger partial charge is 0.486 e. The van der Waals surface area contributed by atoms with Gasteiger partial charge < -0.3 is 14.4 Å². The van der Waals surface area contributed by atoms with Crippen molar-refractivity contribution in [3.63, 3.8) is 0 Å². The van der Waals surface area contributed by atoms with Gasteiger partial charge in [-0.2, -0.15) is 0 Å². The fourth-order valence-electron chi connectivity index (χ4n) is 4.49. The number of furan rings is 1. The third kappa shape index (κ3) is 6.16. The fourth-order valence-corrected chi connectivity index (χ4v) is 4.49. The maximum atomic E-state index is 6.07. The number of hydrogen-bond acceptors (Lipinski definition) is 4. The van der Waals surface area contributed by atoms with Gasteiger partial charge in [0.2, 0.25) is 5.71 Å². The van der Waals surface area contributed by atoms with Gasteiger partial charge in [0.15, 0.2) is 0 Å². The molecule has 0 aliphatic heterocycles. The minimum absolute atomic E-state index is 0. The molecule has 6 aromatic rings. The fraction of sp³-hybridized carbons (Fsp3) is 0.206. The smallest absolute Gasteiger partial charge is 0.216 e. The van der Waals surface area contributed by atoms with Crippen LogP contribution in [0.4, 0.5) is 0 Å². The summed E-state index contributed by atoms with van der Waals surface area (Å²) < 4.78 is 6.07. The third-order valence-electron chi connectivity index (χ3n) is 6.62. The van der Waals surface area contributed by atoms with Crippen LogP contribution in [0.1, 0.15) is 47.7 Å². The summed E-state index contributed by atoms with van der Waals surface area (Å²) in [5.41, 5.74) is 11.2. The molecule has 199 valence electrons. The Morgan fingerprint density at radius 2 is 1.54 bits per heavy atom. The molecular formula is C34H31IrN3O-2. The van der Waals surface area contributed by atoms with Crippen LogP contribution in [0.5, 0.6) is 0 Å². The van der Waals surface area contributed by atoms with Crippen LogP contribution in [-0.4, -0.2) is 15.0 Å². The van der Waals surface area contributed by atoms with Crippen molar-refractivity contribution < 1.29 is 24.5 Å². The van der Waals surface area contributed by atoms with E-state index >= 15 is 0 Å². The molecule has 0 aliphatic carbocycles. The number of aromatic nitrogens is 3. The van der Waals surface area contributed by atoms with Gasteiger partial charge >= 0.3 is 0 Å². The minimum atomic E-state index is 0. The Labute approximate surface area is 243 Å². The molecule has 4 aromatic heterocycles. The van der Waals surface area contributed by atoms with Gasteiger partial charge in [-0.3, -0.25) is 0 Å². The predicted molar refractivity (Wildman–Crippen MR) is 155 cm³/mol. The topological polar surface area (TPSA) is 51.8 Å². The van der Waals surface area contributed by atoms with Crippen molar-refractivity contribution in [1.82, 2.24) is 15.0 Å². The molecule has 0 amide bonds. The van der Waals surface area contributed by atoms with Crippen LogP contribution >= 0.6 is 0 Å². The van der Waals surface area contributed by atoms with Crippen LogP contribution in [0.3, 0.4) is 0 Å². The first kappa shape index (κ1) is 28.4. The van der Waals surface area contributed by atoms with Crippen LogP contribution in [0.2, 0.25) is 0 Å². The zero-order valence-corrected chi connectivity index (χ0v) is 25.5. The molecule has 1 radical (unpaired) electrons. The average molecular weight is 690 g/mol. The molecule has 0 saturated carbocycles. The number of aryl methyl sites for hydroxylation is 4. The minimum Gasteiger partial charge on any atom is -0.486 e. The number of fused-ring (bicyclic) bond motifs is 3. The molecule has 0 saturated heterocycles. The molecule has 39 heavy (non-hydrogen) atoms. The second kappa shape index (κ2) is 12.0. The molecule has 4 heterocycles. The van der Waals surface area contributed by atoms with Gasteiger partial charge in [-0.25, -0.2) is 4.98 Å². The first-order chi connectivity index (χ1) is 18.3. The first-order valence-electron chi connectivity index (χ1n) is 12.9. The Morgan fingerprint density at radius 1 is 0.769 bits per heavy atom. The normalized spacial score (nSPS) is 10.8. The molecule has 5 heteroatoms. The van der Waals surface area contributed by atoms with E-state index in [0.29, 0.717) is 11.6 Å². The Morgan fingerprint density at radius 3 is 2.23 bits per heavy atom. The SMILES string of the molecule is Cc1c[c-]c(-c2ccc(C)cn2)cc1.Cc1ccc2c(n1)oc1c(-c3cc(C(C)C)c(C)cn3)[c-]ccc12.[Ir]. The van der Waals surface area contributed by atoms with E-state index in [4.69, 9.17) is 4.42 Å². The van der Waals surface area contributed by atoms with Crippen LogP contribution in [0.25, 0.3) is 44.6 Å². The van der Waals surface area contributed by atoms with Crippen molar-refractivity contribution >= 4 is 22.1 Å². The van der Waals surface area contributed by atoms with Crippen molar-refractivity contribution in [2.75, 3.05) is 0 Å². The number of hydrogen-bond donors (Lipinski definition) is 0. The quantitative estimate of drug-likeness (QED) is 0.175. The summed E-state index contributed by atoms with van der Waals surface area (Å²) in [5.74, 6) is 0.450. The number of rotatable bonds is 3. The monoisotopic (exact) mass is 690 g/mol. The van der Waals surface area contributed by atoms with Crippen molar-refractivity contribution in [3.05, 3.63) is 113 Å². The molecule has 0 fully saturated rings. The van der Waals surface area contributed by atoms with Gasteiger partial charge in [-0.15, -0.1) is 53.6 Å². The zero-order valence-electron chi connectivity index (χ0n) is 23.1. The van der Waals surface area contributed by atoms with Crippen LogP contribution in [0.15, 0.2) is 77.5 Å². The van der Waals surface area contributed by atoms with Gasteiger partial charge in [-0.1, -0.05) is 49.9 Å². The maximum absolute atomic E-state index is 6.07. The molecule has 0 atom stereocenters. The molecule has 4 nitrogen and oxygen atoms in total. The van der Waals surface area contributed by atoms with Crippen molar-refractivity contribution in [2.24, 2.45) is 0 Å². The summed E-state index contributed by atoms with van der Waals surface area (Å²) >= 11 is 0. The zero-order chi connectivity index (χ0) is 26.8. The summed E-state index contributed by atoms with van der Waals surface area (Å²) in [6.07, 6.45) is 3.81. The van der Waals surface area contributed by atoms with Gasteiger partial charge in [0.05, 0.1) is 5.58 Å². The maximum Gasteiger partial charge on any atom is 0.216 e. The molecule has 0 bridgehead atoms. The summed E-state index contributed by atoms with van der Waals surface area (Å²) in [6.45, 7) is 12.6. The van der Waals surface area contributed by atoms with Crippen molar-refractivity contribution in [1.29, 1.82) is 0 Å². The Hall–Kier alpha value is -3.66. The Balaban J connectivity index is 0.000000202. The van der Waals surface area contributed by atoms with Crippen molar-refractivity contribution in [2.45, 2.75) is 47.5 Å². The summed E-state index contributed by atoms with van der Waals surface area (Å²) in [6, 6.07) is 26.9. The molecule has 2 aromatic carbocycles. The van der Waals surface area contributed by atoms with Gasteiger partial charge in [0.1, 0.15) is 0 Å². The van der Waals surface area contributed by atoms with E-state index in [1.54, 1.807) is 0 Å². The Bertz CT molecular complexity index is 1680. The van der Waals surface area contributed by atoms with Crippen LogP contribution in [0, 0.1) is 39.8 Å². The molecule has 6 rings (SSSR count). The summed E-state index contributed by atoms with van der Waals surface area (Å²) in [4.78, 5) is 13.5. The van der Waals surface area contributed by atoms with E-state index in [-0.39, 0.29) is 20.1 Å². The average Bonchev–Trinajstić information content (AvgIpc) is 3.28. The summed E-state index contributed by atoms with van der Waals surface area (Å²) in [7, 11) is 0. The number of nitrogens with zero attached hydrogens (tertiary/aromatic N) is 3. The van der Waals surface area contributed by atoms with Crippen LogP contribution in [-0.2, 0) is 20.1 Å². The van der Waals surface area contributed by atoms with E-state index in [2.05, 4.69) is 79.0 Å². The molecule has 0 unspecified atom stereocenters. The van der Waals surface area contributed by atoms with E-state index < -0.39 is 0 Å². The molecular weight excluding hydrogens is 659 g/mol. The van der Waals surface area contributed by atoms with E-state index in [1.807, 2.05) is 62.6 Å². The second-order valence-electron chi connectivity index (χ2n) is 10.1. The van der Waals surface area contributed by atoms with Crippen LogP contribution < -0.4 is 0 Å². The number of pyridine rings is 3. The van der Waals surface area contributed by atoms with Gasteiger partial charge in [-0.05, 0) is 66.9 Å². The molecule has 0 spiro atoms. The standard InChI is InChI=1S/C21H19N2O.C13H12N.Ir/c1-12(2)18-10-19(22-11-13(18)3)17-7-5-6-15-16-9-8-14(4)23-21(16)24-20(15)17;1-10-3-6-12(7-4-10)13-8-5-11(2)9-14-13;/h5-6,8-12H,1-4H3;3-6,8-9H,1-2H3;/q2*-1;. The first-order valence-corrected chi connectivity index (χ1v) is 12.9. The second-order valence-corrected chi connectivity index (χ2v) is 10.1. The van der Waals surface area contributed by atoms with Crippen molar-refractivity contribution in [3.8, 4) is 22.5 Å². The predicted octanol–water partition coefficient (Wildman–Crippen LogP) is 8.75. The van der Waals surface area contributed by atoms with E-state index in [1.165, 1.54) is 22.3 Å². The van der Waals surface area contributed by atoms with Gasteiger partial charge in [0.25, 0.3) is 0 Å². The van der Waals surface area contributed by atoms with E-state index in [9.17, 15) is 0 Å². The third-order valence-corrected chi connectivity index (χ3v) is 6.62. The van der Waals surface area contributed by atoms with E-state index in [0.717, 1.165) is 44.6 Å². The molecule has 0 N–H and O–H groups in total.